The maximum atomic E-state index is 12.7. The van der Waals surface area contributed by atoms with Crippen molar-refractivity contribution in [1.82, 2.24) is 10.2 Å². The number of amides is 3. The van der Waals surface area contributed by atoms with E-state index in [-0.39, 0.29) is 23.9 Å². The molecule has 2 N–H and O–H groups in total. The SMILES string of the molecule is CCC(CC)C(=O)N1CCC(NC(=O)Nc2ccccc2N(C)c2ccccc2)CC1. The summed E-state index contributed by atoms with van der Waals surface area (Å²) in [5, 5.41) is 6.09. The molecular weight excluding hydrogens is 388 g/mol. The number of carbonyl (C=O) groups excluding carboxylic acids is 2. The zero-order valence-corrected chi connectivity index (χ0v) is 18.8. The molecule has 1 aliphatic heterocycles. The minimum atomic E-state index is -0.210. The summed E-state index contributed by atoms with van der Waals surface area (Å²) in [6, 6.07) is 17.7. The summed E-state index contributed by atoms with van der Waals surface area (Å²) in [6.07, 6.45) is 3.33. The van der Waals surface area contributed by atoms with Gasteiger partial charge in [0.25, 0.3) is 0 Å². The molecule has 1 saturated heterocycles. The largest absolute Gasteiger partial charge is 0.343 e. The van der Waals surface area contributed by atoms with Crippen LogP contribution in [0.4, 0.5) is 21.9 Å². The van der Waals surface area contributed by atoms with Gasteiger partial charge >= 0.3 is 6.03 Å². The Hall–Kier alpha value is -3.02. The maximum absolute atomic E-state index is 12.7. The molecule has 0 radical (unpaired) electrons. The molecule has 6 nitrogen and oxygen atoms in total. The monoisotopic (exact) mass is 422 g/mol. The third-order valence-corrected chi connectivity index (χ3v) is 6.13. The summed E-state index contributed by atoms with van der Waals surface area (Å²) in [6.45, 7) is 5.54. The van der Waals surface area contributed by atoms with Crippen LogP contribution in [0.1, 0.15) is 39.5 Å². The highest BCUT2D eigenvalue weighted by Crippen LogP contribution is 2.30. The molecule has 0 saturated carbocycles. The lowest BCUT2D eigenvalue weighted by atomic mass is 9.98. The summed E-state index contributed by atoms with van der Waals surface area (Å²) in [5.41, 5.74) is 2.73. The van der Waals surface area contributed by atoms with Gasteiger partial charge in [-0.15, -0.1) is 0 Å². The Kier molecular flexibility index (Phi) is 7.93. The quantitative estimate of drug-likeness (QED) is 0.660. The highest BCUT2D eigenvalue weighted by molar-refractivity contribution is 5.94. The van der Waals surface area contributed by atoms with Gasteiger partial charge in [-0.3, -0.25) is 4.79 Å². The number of rotatable bonds is 7. The van der Waals surface area contributed by atoms with Crippen LogP contribution in [0.5, 0.6) is 0 Å². The minimum absolute atomic E-state index is 0.0739. The number of nitrogens with one attached hydrogen (secondary N) is 2. The maximum Gasteiger partial charge on any atom is 0.319 e. The van der Waals surface area contributed by atoms with Crippen LogP contribution in [0.3, 0.4) is 0 Å². The molecule has 6 heteroatoms. The summed E-state index contributed by atoms with van der Waals surface area (Å²) >= 11 is 0. The van der Waals surface area contributed by atoms with E-state index in [9.17, 15) is 9.59 Å². The number of urea groups is 1. The number of carbonyl (C=O) groups is 2. The Morgan fingerprint density at radius 2 is 1.61 bits per heavy atom. The second-order valence-electron chi connectivity index (χ2n) is 8.12. The number of likely N-dealkylation sites (tertiary alicyclic amines) is 1. The standard InChI is InChI=1S/C25H34N4O2/c1-4-19(5-2)24(30)29-17-15-20(16-18-29)26-25(31)27-22-13-9-10-14-23(22)28(3)21-11-7-6-8-12-21/h6-14,19-20H,4-5,15-18H2,1-3H3,(H2,26,27,31). The summed E-state index contributed by atoms with van der Waals surface area (Å²) in [7, 11) is 1.99. The average molecular weight is 423 g/mol. The Morgan fingerprint density at radius 3 is 2.26 bits per heavy atom. The van der Waals surface area contributed by atoms with Crippen LogP contribution in [-0.4, -0.2) is 43.0 Å². The first-order valence-electron chi connectivity index (χ1n) is 11.3. The van der Waals surface area contributed by atoms with Gasteiger partial charge in [0, 0.05) is 37.8 Å². The van der Waals surface area contributed by atoms with Crippen molar-refractivity contribution >= 4 is 29.0 Å². The number of hydrogen-bond acceptors (Lipinski definition) is 3. The highest BCUT2D eigenvalue weighted by Gasteiger charge is 2.27. The first-order valence-corrected chi connectivity index (χ1v) is 11.3. The van der Waals surface area contributed by atoms with Crippen LogP contribution >= 0.6 is 0 Å². The molecule has 1 fully saturated rings. The third kappa shape index (κ3) is 5.78. The summed E-state index contributed by atoms with van der Waals surface area (Å²) in [4.78, 5) is 29.3. The van der Waals surface area contributed by atoms with E-state index in [4.69, 9.17) is 0 Å². The number of benzene rings is 2. The fourth-order valence-electron chi connectivity index (χ4n) is 4.15. The van der Waals surface area contributed by atoms with Crippen LogP contribution in [0, 0.1) is 5.92 Å². The number of hydrogen-bond donors (Lipinski definition) is 2. The fraction of sp³-hybridized carbons (Fsp3) is 0.440. The van der Waals surface area contributed by atoms with Crippen molar-refractivity contribution < 1.29 is 9.59 Å². The van der Waals surface area contributed by atoms with Gasteiger partial charge in [0.05, 0.1) is 11.4 Å². The van der Waals surface area contributed by atoms with Gasteiger partial charge in [0.2, 0.25) is 5.91 Å². The van der Waals surface area contributed by atoms with Gasteiger partial charge in [-0.25, -0.2) is 4.79 Å². The van der Waals surface area contributed by atoms with Crippen molar-refractivity contribution in [3.05, 3.63) is 54.6 Å². The Bertz CT molecular complexity index is 859. The predicted molar refractivity (Wildman–Crippen MR) is 127 cm³/mol. The molecule has 3 amide bonds. The van der Waals surface area contributed by atoms with Crippen molar-refractivity contribution in [3.8, 4) is 0 Å². The van der Waals surface area contributed by atoms with E-state index < -0.39 is 0 Å². The normalized spacial score (nSPS) is 14.4. The van der Waals surface area contributed by atoms with Crippen LogP contribution < -0.4 is 15.5 Å². The van der Waals surface area contributed by atoms with Crippen LogP contribution in [0.2, 0.25) is 0 Å². The molecule has 0 spiro atoms. The van der Waals surface area contributed by atoms with E-state index in [0.717, 1.165) is 42.7 Å². The predicted octanol–water partition coefficient (Wildman–Crippen LogP) is 5.00. The molecule has 31 heavy (non-hydrogen) atoms. The van der Waals surface area contributed by atoms with Crippen molar-refractivity contribution in [3.63, 3.8) is 0 Å². The first-order chi connectivity index (χ1) is 15.0. The Labute approximate surface area is 185 Å². The lowest BCUT2D eigenvalue weighted by molar-refractivity contribution is -0.136. The van der Waals surface area contributed by atoms with Gasteiger partial charge in [-0.1, -0.05) is 44.2 Å². The Balaban J connectivity index is 1.56. The molecule has 2 aromatic rings. The molecule has 0 aliphatic carbocycles. The second kappa shape index (κ2) is 10.8. The molecule has 1 heterocycles. The van der Waals surface area contributed by atoms with Gasteiger partial charge in [-0.2, -0.15) is 0 Å². The molecule has 0 unspecified atom stereocenters. The zero-order chi connectivity index (χ0) is 22.2. The zero-order valence-electron chi connectivity index (χ0n) is 18.8. The molecular formula is C25H34N4O2. The average Bonchev–Trinajstić information content (AvgIpc) is 2.80. The van der Waals surface area contributed by atoms with Crippen LogP contribution in [-0.2, 0) is 4.79 Å². The summed E-state index contributed by atoms with van der Waals surface area (Å²) < 4.78 is 0. The summed E-state index contributed by atoms with van der Waals surface area (Å²) in [5.74, 6) is 0.372. The second-order valence-corrected chi connectivity index (χ2v) is 8.12. The molecule has 0 aromatic heterocycles. The first kappa shape index (κ1) is 22.7. The topological polar surface area (TPSA) is 64.7 Å². The molecule has 0 bridgehead atoms. The van der Waals surface area contributed by atoms with E-state index in [1.165, 1.54) is 0 Å². The molecule has 1 aliphatic rings. The molecule has 3 rings (SSSR count). The smallest absolute Gasteiger partial charge is 0.319 e. The third-order valence-electron chi connectivity index (χ3n) is 6.13. The molecule has 2 aromatic carbocycles. The highest BCUT2D eigenvalue weighted by atomic mass is 16.2. The Morgan fingerprint density at radius 1 is 1.00 bits per heavy atom. The van der Waals surface area contributed by atoms with Crippen molar-refractivity contribution in [2.45, 2.75) is 45.6 Å². The van der Waals surface area contributed by atoms with Gasteiger partial charge in [0.15, 0.2) is 0 Å². The number of para-hydroxylation sites is 3. The fourth-order valence-corrected chi connectivity index (χ4v) is 4.15. The number of anilines is 3. The van der Waals surface area contributed by atoms with E-state index in [0.29, 0.717) is 13.1 Å². The van der Waals surface area contributed by atoms with E-state index in [1.807, 2.05) is 66.5 Å². The lowest BCUT2D eigenvalue weighted by Gasteiger charge is -2.34. The van der Waals surface area contributed by atoms with Gasteiger partial charge in [-0.05, 0) is 49.9 Å². The van der Waals surface area contributed by atoms with Crippen LogP contribution in [0.25, 0.3) is 0 Å². The van der Waals surface area contributed by atoms with Crippen molar-refractivity contribution in [2.24, 2.45) is 5.92 Å². The van der Waals surface area contributed by atoms with Crippen LogP contribution in [0.15, 0.2) is 54.6 Å². The molecule has 0 atom stereocenters. The van der Waals surface area contributed by atoms with Crippen molar-refractivity contribution in [2.75, 3.05) is 30.4 Å². The number of piperidine rings is 1. The van der Waals surface area contributed by atoms with E-state index in [1.54, 1.807) is 0 Å². The lowest BCUT2D eigenvalue weighted by Crippen LogP contribution is -2.48. The van der Waals surface area contributed by atoms with Crippen molar-refractivity contribution in [1.29, 1.82) is 0 Å². The van der Waals surface area contributed by atoms with Gasteiger partial charge < -0.3 is 20.4 Å². The minimum Gasteiger partial charge on any atom is -0.343 e. The number of nitrogens with zero attached hydrogens (tertiary/aromatic N) is 2. The molecule has 166 valence electrons. The van der Waals surface area contributed by atoms with Gasteiger partial charge in [0.1, 0.15) is 0 Å². The van der Waals surface area contributed by atoms with E-state index in [2.05, 4.69) is 29.4 Å². The van der Waals surface area contributed by atoms with E-state index >= 15 is 0 Å².